The molecule has 0 radical (unpaired) electrons. The SMILES string of the molecule is CCNC(c1c(C)ccnc1N)C1CCCC1. The lowest BCUT2D eigenvalue weighted by Crippen LogP contribution is -2.28. The van der Waals surface area contributed by atoms with Crippen molar-refractivity contribution in [2.45, 2.75) is 45.6 Å². The number of aryl methyl sites for hydroxylation is 1. The van der Waals surface area contributed by atoms with Crippen molar-refractivity contribution in [2.75, 3.05) is 12.3 Å². The summed E-state index contributed by atoms with van der Waals surface area (Å²) in [7, 11) is 0. The number of aromatic nitrogens is 1. The maximum absolute atomic E-state index is 6.07. The molecule has 1 fully saturated rings. The van der Waals surface area contributed by atoms with E-state index >= 15 is 0 Å². The number of anilines is 1. The molecular formula is C14H23N3. The molecule has 1 atom stereocenters. The standard InChI is InChI=1S/C14H23N3/c1-3-16-13(11-6-4-5-7-11)12-10(2)8-9-17-14(12)15/h8-9,11,13,16H,3-7H2,1-2H3,(H2,15,17). The van der Waals surface area contributed by atoms with E-state index in [0.29, 0.717) is 11.9 Å². The molecule has 2 rings (SSSR count). The van der Waals surface area contributed by atoms with Gasteiger partial charge >= 0.3 is 0 Å². The number of hydrogen-bond acceptors (Lipinski definition) is 3. The Morgan fingerprint density at radius 1 is 1.47 bits per heavy atom. The highest BCUT2D eigenvalue weighted by atomic mass is 14.9. The van der Waals surface area contributed by atoms with Gasteiger partial charge in [0.25, 0.3) is 0 Å². The van der Waals surface area contributed by atoms with Gasteiger partial charge in [-0.2, -0.15) is 0 Å². The fourth-order valence-corrected chi connectivity index (χ4v) is 3.01. The molecule has 3 N–H and O–H groups in total. The van der Waals surface area contributed by atoms with Crippen molar-refractivity contribution >= 4 is 5.82 Å². The number of nitrogens with two attached hydrogens (primary N) is 1. The smallest absolute Gasteiger partial charge is 0.128 e. The molecule has 1 aliphatic rings. The van der Waals surface area contributed by atoms with Crippen LogP contribution >= 0.6 is 0 Å². The summed E-state index contributed by atoms with van der Waals surface area (Å²) in [5.74, 6) is 1.42. The minimum Gasteiger partial charge on any atom is -0.383 e. The van der Waals surface area contributed by atoms with E-state index in [2.05, 4.69) is 30.2 Å². The first kappa shape index (κ1) is 12.4. The third kappa shape index (κ3) is 2.60. The highest BCUT2D eigenvalue weighted by Gasteiger charge is 2.28. The molecule has 94 valence electrons. The van der Waals surface area contributed by atoms with Crippen molar-refractivity contribution in [2.24, 2.45) is 5.92 Å². The molecule has 0 bridgehead atoms. The molecular weight excluding hydrogens is 210 g/mol. The molecule has 0 spiro atoms. The van der Waals surface area contributed by atoms with Crippen LogP contribution in [0.5, 0.6) is 0 Å². The zero-order chi connectivity index (χ0) is 12.3. The van der Waals surface area contributed by atoms with Gasteiger partial charge in [-0.1, -0.05) is 19.8 Å². The molecule has 1 aromatic rings. The molecule has 1 heterocycles. The van der Waals surface area contributed by atoms with Crippen LogP contribution in [-0.2, 0) is 0 Å². The van der Waals surface area contributed by atoms with E-state index in [0.717, 1.165) is 12.5 Å². The van der Waals surface area contributed by atoms with Crippen LogP contribution in [0, 0.1) is 12.8 Å². The largest absolute Gasteiger partial charge is 0.383 e. The second-order valence-corrected chi connectivity index (χ2v) is 5.01. The summed E-state index contributed by atoms with van der Waals surface area (Å²) in [5.41, 5.74) is 8.55. The Labute approximate surface area is 104 Å². The summed E-state index contributed by atoms with van der Waals surface area (Å²) < 4.78 is 0. The highest BCUT2D eigenvalue weighted by Crippen LogP contribution is 2.38. The second kappa shape index (κ2) is 5.50. The van der Waals surface area contributed by atoms with Crippen LogP contribution in [0.25, 0.3) is 0 Å². The van der Waals surface area contributed by atoms with Crippen molar-refractivity contribution in [1.29, 1.82) is 0 Å². The van der Waals surface area contributed by atoms with Gasteiger partial charge < -0.3 is 11.1 Å². The van der Waals surface area contributed by atoms with Crippen LogP contribution in [0.4, 0.5) is 5.82 Å². The minimum absolute atomic E-state index is 0.385. The first-order chi connectivity index (χ1) is 8.24. The molecule has 1 saturated carbocycles. The molecule has 1 aliphatic carbocycles. The van der Waals surface area contributed by atoms with Gasteiger partial charge in [0.2, 0.25) is 0 Å². The van der Waals surface area contributed by atoms with Crippen LogP contribution in [0.3, 0.4) is 0 Å². The molecule has 17 heavy (non-hydrogen) atoms. The Kier molecular flexibility index (Phi) is 4.00. The third-order valence-corrected chi connectivity index (χ3v) is 3.85. The lowest BCUT2D eigenvalue weighted by molar-refractivity contribution is 0.373. The first-order valence-corrected chi connectivity index (χ1v) is 6.68. The van der Waals surface area contributed by atoms with Crippen LogP contribution in [0.2, 0.25) is 0 Å². The van der Waals surface area contributed by atoms with Crippen molar-refractivity contribution in [3.63, 3.8) is 0 Å². The Bertz CT molecular complexity index is 349. The van der Waals surface area contributed by atoms with Crippen molar-refractivity contribution < 1.29 is 0 Å². The van der Waals surface area contributed by atoms with Gasteiger partial charge in [-0.25, -0.2) is 4.98 Å². The van der Waals surface area contributed by atoms with Gasteiger partial charge in [0.1, 0.15) is 5.82 Å². The van der Waals surface area contributed by atoms with Crippen molar-refractivity contribution in [3.05, 3.63) is 23.4 Å². The number of nitrogens with zero attached hydrogens (tertiary/aromatic N) is 1. The zero-order valence-corrected chi connectivity index (χ0v) is 10.9. The first-order valence-electron chi connectivity index (χ1n) is 6.68. The van der Waals surface area contributed by atoms with Gasteiger partial charge in [0, 0.05) is 17.8 Å². The molecule has 3 nitrogen and oxygen atoms in total. The Morgan fingerprint density at radius 3 is 2.76 bits per heavy atom. The number of nitrogen functional groups attached to an aromatic ring is 1. The molecule has 1 unspecified atom stereocenters. The number of rotatable bonds is 4. The van der Waals surface area contributed by atoms with E-state index in [1.54, 1.807) is 6.20 Å². The maximum Gasteiger partial charge on any atom is 0.128 e. The Morgan fingerprint density at radius 2 is 2.18 bits per heavy atom. The second-order valence-electron chi connectivity index (χ2n) is 5.01. The third-order valence-electron chi connectivity index (χ3n) is 3.85. The molecule has 0 saturated heterocycles. The predicted octanol–water partition coefficient (Wildman–Crippen LogP) is 2.81. The predicted molar refractivity (Wildman–Crippen MR) is 71.8 cm³/mol. The lowest BCUT2D eigenvalue weighted by Gasteiger charge is -2.27. The fraction of sp³-hybridized carbons (Fsp3) is 0.643. The molecule has 0 amide bonds. The van der Waals surface area contributed by atoms with Crippen molar-refractivity contribution in [3.8, 4) is 0 Å². The summed E-state index contributed by atoms with van der Waals surface area (Å²) in [6.07, 6.45) is 7.13. The normalized spacial score (nSPS) is 18.5. The van der Waals surface area contributed by atoms with Crippen molar-refractivity contribution in [1.82, 2.24) is 10.3 Å². The summed E-state index contributed by atoms with van der Waals surface area (Å²) in [6.45, 7) is 5.27. The minimum atomic E-state index is 0.385. The van der Waals surface area contributed by atoms with E-state index in [1.165, 1.54) is 36.8 Å². The Hall–Kier alpha value is -1.09. The fourth-order valence-electron chi connectivity index (χ4n) is 3.01. The van der Waals surface area contributed by atoms with E-state index in [9.17, 15) is 0 Å². The summed E-state index contributed by atoms with van der Waals surface area (Å²) >= 11 is 0. The summed E-state index contributed by atoms with van der Waals surface area (Å²) in [5, 5.41) is 3.60. The number of pyridine rings is 1. The van der Waals surface area contributed by atoms with Gasteiger partial charge in [-0.15, -0.1) is 0 Å². The average Bonchev–Trinajstić information content (AvgIpc) is 2.80. The van der Waals surface area contributed by atoms with E-state index in [-0.39, 0.29) is 0 Å². The van der Waals surface area contributed by atoms with E-state index < -0.39 is 0 Å². The highest BCUT2D eigenvalue weighted by molar-refractivity contribution is 5.46. The molecule has 3 heteroatoms. The van der Waals surface area contributed by atoms with Crippen LogP contribution in [0.15, 0.2) is 12.3 Å². The summed E-state index contributed by atoms with van der Waals surface area (Å²) in [6, 6.07) is 2.45. The average molecular weight is 233 g/mol. The topological polar surface area (TPSA) is 50.9 Å². The van der Waals surface area contributed by atoms with Gasteiger partial charge in [0.15, 0.2) is 0 Å². The van der Waals surface area contributed by atoms with Gasteiger partial charge in [-0.05, 0) is 43.9 Å². The van der Waals surface area contributed by atoms with Crippen LogP contribution in [0.1, 0.15) is 49.8 Å². The number of nitrogens with one attached hydrogen (secondary N) is 1. The molecule has 1 aromatic heterocycles. The van der Waals surface area contributed by atoms with Gasteiger partial charge in [-0.3, -0.25) is 0 Å². The lowest BCUT2D eigenvalue weighted by atomic mass is 9.89. The van der Waals surface area contributed by atoms with Crippen LogP contribution in [-0.4, -0.2) is 11.5 Å². The quantitative estimate of drug-likeness (QED) is 0.840. The van der Waals surface area contributed by atoms with Gasteiger partial charge in [0.05, 0.1) is 0 Å². The zero-order valence-electron chi connectivity index (χ0n) is 10.9. The monoisotopic (exact) mass is 233 g/mol. The maximum atomic E-state index is 6.07. The van der Waals surface area contributed by atoms with E-state index in [1.807, 2.05) is 0 Å². The van der Waals surface area contributed by atoms with Crippen LogP contribution < -0.4 is 11.1 Å². The Balaban J connectivity index is 2.31. The summed E-state index contributed by atoms with van der Waals surface area (Å²) in [4.78, 5) is 4.25. The molecule has 0 aliphatic heterocycles. The number of hydrogen-bond donors (Lipinski definition) is 2. The molecule has 0 aromatic carbocycles. The van der Waals surface area contributed by atoms with E-state index in [4.69, 9.17) is 5.73 Å².